The molecule has 0 aromatic carbocycles. The molecule has 0 aliphatic rings. The fraction of sp³-hybridized carbons (Fsp3) is 0.562. The van der Waals surface area contributed by atoms with E-state index in [0.29, 0.717) is 17.3 Å². The molecule has 0 saturated carbocycles. The second-order valence-electron chi connectivity index (χ2n) is 5.30. The van der Waals surface area contributed by atoms with E-state index >= 15 is 0 Å². The van der Waals surface area contributed by atoms with Crippen molar-refractivity contribution in [1.29, 1.82) is 5.26 Å². The van der Waals surface area contributed by atoms with Crippen molar-refractivity contribution < 1.29 is 9.90 Å². The monoisotopic (exact) mass is 289 g/mol. The third kappa shape index (κ3) is 6.75. The summed E-state index contributed by atoms with van der Waals surface area (Å²) < 4.78 is 0. The van der Waals surface area contributed by atoms with Gasteiger partial charge in [-0.05, 0) is 37.8 Å². The van der Waals surface area contributed by atoms with Crippen molar-refractivity contribution in [2.24, 2.45) is 5.92 Å². The predicted molar refractivity (Wildman–Crippen MR) is 82.1 cm³/mol. The maximum absolute atomic E-state index is 10.7. The molecule has 0 aliphatic carbocycles. The Hall–Kier alpha value is -2.09. The van der Waals surface area contributed by atoms with Crippen LogP contribution in [0.3, 0.4) is 0 Å². The lowest BCUT2D eigenvalue weighted by molar-refractivity contribution is -0.137. The molecule has 1 aromatic rings. The molecule has 1 aromatic heterocycles. The summed E-state index contributed by atoms with van der Waals surface area (Å²) in [5.74, 6) is 0.391. The van der Waals surface area contributed by atoms with Crippen molar-refractivity contribution in [2.75, 3.05) is 11.9 Å². The van der Waals surface area contributed by atoms with Crippen LogP contribution in [0, 0.1) is 24.2 Å². The number of carbonyl (C=O) groups is 1. The maximum atomic E-state index is 10.7. The summed E-state index contributed by atoms with van der Waals surface area (Å²) in [5.41, 5.74) is 1.41. The summed E-state index contributed by atoms with van der Waals surface area (Å²) >= 11 is 0. The van der Waals surface area contributed by atoms with Crippen molar-refractivity contribution in [3.8, 4) is 6.07 Å². The van der Waals surface area contributed by atoms with Gasteiger partial charge in [-0.3, -0.25) is 4.79 Å². The molecule has 1 rings (SSSR count). The number of pyridine rings is 1. The van der Waals surface area contributed by atoms with Crippen LogP contribution in [-0.2, 0) is 4.79 Å². The molecule has 1 unspecified atom stereocenters. The average molecular weight is 289 g/mol. The predicted octanol–water partition coefficient (Wildman–Crippen LogP) is 3.34. The summed E-state index contributed by atoms with van der Waals surface area (Å²) in [6.07, 6.45) is 3.96. The number of nitrogens with one attached hydrogen (secondary N) is 1. The Bertz CT molecular complexity index is 509. The number of carboxylic acid groups (broad SMARTS) is 1. The minimum atomic E-state index is -0.733. The summed E-state index contributed by atoms with van der Waals surface area (Å²) in [6.45, 7) is 4.72. The molecular weight excluding hydrogens is 266 g/mol. The van der Waals surface area contributed by atoms with E-state index in [1.807, 2.05) is 6.92 Å². The largest absolute Gasteiger partial charge is 0.481 e. The minimum Gasteiger partial charge on any atom is -0.481 e. The lowest BCUT2D eigenvalue weighted by atomic mass is 9.94. The zero-order valence-corrected chi connectivity index (χ0v) is 12.7. The van der Waals surface area contributed by atoms with Gasteiger partial charge < -0.3 is 10.4 Å². The Morgan fingerprint density at radius 2 is 2.19 bits per heavy atom. The van der Waals surface area contributed by atoms with Gasteiger partial charge in [0.05, 0.1) is 11.6 Å². The van der Waals surface area contributed by atoms with Crippen molar-refractivity contribution in [3.63, 3.8) is 0 Å². The highest BCUT2D eigenvalue weighted by molar-refractivity contribution is 5.66. The molecule has 5 nitrogen and oxygen atoms in total. The number of nitrogens with zero attached hydrogens (tertiary/aromatic N) is 2. The SMILES string of the molecule is CCCC(CCNc1cc(C#N)cc(C)n1)CCC(=O)O. The van der Waals surface area contributed by atoms with Gasteiger partial charge in [-0.25, -0.2) is 4.98 Å². The van der Waals surface area contributed by atoms with Gasteiger partial charge in [-0.15, -0.1) is 0 Å². The highest BCUT2D eigenvalue weighted by atomic mass is 16.4. The zero-order valence-electron chi connectivity index (χ0n) is 12.7. The number of aliphatic carboxylic acids is 1. The van der Waals surface area contributed by atoms with Crippen LogP contribution in [0.2, 0.25) is 0 Å². The van der Waals surface area contributed by atoms with Gasteiger partial charge in [0, 0.05) is 18.7 Å². The number of anilines is 1. The molecule has 0 saturated heterocycles. The molecular formula is C16H23N3O2. The minimum absolute atomic E-state index is 0.228. The number of rotatable bonds is 9. The number of aromatic nitrogens is 1. The second kappa shape index (κ2) is 8.96. The lowest BCUT2D eigenvalue weighted by Crippen LogP contribution is -2.12. The first-order valence-corrected chi connectivity index (χ1v) is 7.39. The molecule has 0 radical (unpaired) electrons. The molecule has 0 spiro atoms. The van der Waals surface area contributed by atoms with Crippen LogP contribution in [0.1, 0.15) is 50.3 Å². The summed E-state index contributed by atoms with van der Waals surface area (Å²) in [6, 6.07) is 5.60. The van der Waals surface area contributed by atoms with Crippen molar-refractivity contribution in [3.05, 3.63) is 23.4 Å². The van der Waals surface area contributed by atoms with E-state index in [4.69, 9.17) is 10.4 Å². The van der Waals surface area contributed by atoms with Gasteiger partial charge in [0.2, 0.25) is 0 Å². The number of nitriles is 1. The van der Waals surface area contributed by atoms with Gasteiger partial charge in [0.15, 0.2) is 0 Å². The van der Waals surface area contributed by atoms with Crippen molar-refractivity contribution >= 4 is 11.8 Å². The van der Waals surface area contributed by atoms with E-state index in [0.717, 1.165) is 37.9 Å². The highest BCUT2D eigenvalue weighted by Crippen LogP contribution is 2.18. The van der Waals surface area contributed by atoms with E-state index < -0.39 is 5.97 Å². The third-order valence-electron chi connectivity index (χ3n) is 3.40. The molecule has 114 valence electrons. The van der Waals surface area contributed by atoms with Crippen LogP contribution < -0.4 is 5.32 Å². The fourth-order valence-electron chi connectivity index (χ4n) is 2.40. The number of hydrogen-bond donors (Lipinski definition) is 2. The molecule has 1 atom stereocenters. The second-order valence-corrected chi connectivity index (χ2v) is 5.30. The summed E-state index contributed by atoms with van der Waals surface area (Å²) in [7, 11) is 0. The first kappa shape index (κ1) is 17.0. The standard InChI is InChI=1S/C16H23N3O2/c1-3-4-13(5-6-16(20)21)7-8-18-15-10-14(11-17)9-12(2)19-15/h9-10,13H,3-8H2,1-2H3,(H,18,19)(H,20,21). The Kier molecular flexibility index (Phi) is 7.24. The lowest BCUT2D eigenvalue weighted by Gasteiger charge is -2.15. The van der Waals surface area contributed by atoms with E-state index in [1.165, 1.54) is 0 Å². The zero-order chi connectivity index (χ0) is 15.7. The van der Waals surface area contributed by atoms with Gasteiger partial charge in [0.1, 0.15) is 5.82 Å². The average Bonchev–Trinajstić information content (AvgIpc) is 2.44. The first-order chi connectivity index (χ1) is 10.0. The van der Waals surface area contributed by atoms with Crippen LogP contribution in [-0.4, -0.2) is 22.6 Å². The van der Waals surface area contributed by atoms with Crippen molar-refractivity contribution in [1.82, 2.24) is 4.98 Å². The van der Waals surface area contributed by atoms with E-state index in [2.05, 4.69) is 23.3 Å². The quantitative estimate of drug-likeness (QED) is 0.728. The van der Waals surface area contributed by atoms with Crippen molar-refractivity contribution in [2.45, 2.75) is 46.0 Å². The van der Waals surface area contributed by atoms with E-state index in [-0.39, 0.29) is 6.42 Å². The Balaban J connectivity index is 2.48. The normalized spacial score (nSPS) is 11.7. The van der Waals surface area contributed by atoms with E-state index in [9.17, 15) is 4.79 Å². The van der Waals surface area contributed by atoms with Gasteiger partial charge >= 0.3 is 5.97 Å². The molecule has 0 fully saturated rings. The first-order valence-electron chi connectivity index (χ1n) is 7.39. The van der Waals surface area contributed by atoms with Crippen LogP contribution in [0.25, 0.3) is 0 Å². The van der Waals surface area contributed by atoms with Gasteiger partial charge in [-0.2, -0.15) is 5.26 Å². The molecule has 5 heteroatoms. The fourth-order valence-corrected chi connectivity index (χ4v) is 2.40. The van der Waals surface area contributed by atoms with Crippen LogP contribution in [0.5, 0.6) is 0 Å². The summed E-state index contributed by atoms with van der Waals surface area (Å²) in [5, 5.41) is 20.9. The maximum Gasteiger partial charge on any atom is 0.303 e. The molecule has 0 amide bonds. The third-order valence-corrected chi connectivity index (χ3v) is 3.40. The Labute approximate surface area is 126 Å². The number of carboxylic acids is 1. The molecule has 1 heterocycles. The number of aryl methyl sites for hydroxylation is 1. The van der Waals surface area contributed by atoms with E-state index in [1.54, 1.807) is 12.1 Å². The van der Waals surface area contributed by atoms with Crippen LogP contribution in [0.4, 0.5) is 5.82 Å². The number of hydrogen-bond acceptors (Lipinski definition) is 4. The summed E-state index contributed by atoms with van der Waals surface area (Å²) in [4.78, 5) is 15.0. The Morgan fingerprint density at radius 3 is 2.81 bits per heavy atom. The van der Waals surface area contributed by atoms with Crippen LogP contribution in [0.15, 0.2) is 12.1 Å². The van der Waals surface area contributed by atoms with Gasteiger partial charge in [-0.1, -0.05) is 19.8 Å². The van der Waals surface area contributed by atoms with Crippen LogP contribution >= 0.6 is 0 Å². The smallest absolute Gasteiger partial charge is 0.303 e. The molecule has 21 heavy (non-hydrogen) atoms. The molecule has 0 aliphatic heterocycles. The molecule has 2 N–H and O–H groups in total. The molecule has 0 bridgehead atoms. The topological polar surface area (TPSA) is 86.0 Å². The Morgan fingerprint density at radius 1 is 1.43 bits per heavy atom. The van der Waals surface area contributed by atoms with Gasteiger partial charge in [0.25, 0.3) is 0 Å². The highest BCUT2D eigenvalue weighted by Gasteiger charge is 2.10.